The molecule has 0 fully saturated rings. The van der Waals surface area contributed by atoms with E-state index >= 15 is 0 Å². The van der Waals surface area contributed by atoms with Crippen molar-refractivity contribution < 1.29 is 9.90 Å². The Bertz CT molecular complexity index is 830. The molecule has 0 aromatic heterocycles. The number of carbonyl (C=O) groups is 1. The van der Waals surface area contributed by atoms with E-state index in [2.05, 4.69) is 5.32 Å². The Kier molecular flexibility index (Phi) is 3.50. The first-order valence-electron chi connectivity index (χ1n) is 6.43. The maximum atomic E-state index is 11.3. The lowest BCUT2D eigenvalue weighted by atomic mass is 10.1. The molecule has 3 aromatic carbocycles. The van der Waals surface area contributed by atoms with Crippen LogP contribution >= 0.6 is 11.6 Å². The second-order valence-corrected chi connectivity index (χ2v) is 5.09. The highest BCUT2D eigenvalue weighted by Gasteiger charge is 2.10. The molecule has 21 heavy (non-hydrogen) atoms. The Balaban J connectivity index is 2.13. The fourth-order valence-electron chi connectivity index (χ4n) is 2.30. The summed E-state index contributed by atoms with van der Waals surface area (Å²) in [5, 5.41) is 15.0. The highest BCUT2D eigenvalue weighted by molar-refractivity contribution is 6.32. The van der Waals surface area contributed by atoms with Gasteiger partial charge in [-0.3, -0.25) is 0 Å². The monoisotopic (exact) mass is 297 g/mol. The molecule has 0 saturated heterocycles. The molecule has 0 saturated carbocycles. The lowest BCUT2D eigenvalue weighted by molar-refractivity contribution is 0.0698. The number of hydrogen-bond donors (Lipinski definition) is 2. The fourth-order valence-corrected chi connectivity index (χ4v) is 2.53. The Morgan fingerprint density at radius 3 is 2.48 bits per heavy atom. The molecule has 3 nitrogen and oxygen atoms in total. The number of carboxylic acid groups (broad SMARTS) is 1. The lowest BCUT2D eigenvalue weighted by Crippen LogP contribution is -2.02. The van der Waals surface area contributed by atoms with Gasteiger partial charge in [0, 0.05) is 16.1 Å². The average molecular weight is 298 g/mol. The summed E-state index contributed by atoms with van der Waals surface area (Å²) in [6.07, 6.45) is 0. The van der Waals surface area contributed by atoms with Gasteiger partial charge < -0.3 is 10.4 Å². The summed E-state index contributed by atoms with van der Waals surface area (Å²) in [6, 6.07) is 18.3. The maximum absolute atomic E-state index is 11.3. The summed E-state index contributed by atoms with van der Waals surface area (Å²) in [5.74, 6) is -0.968. The summed E-state index contributed by atoms with van der Waals surface area (Å²) < 4.78 is 0. The van der Waals surface area contributed by atoms with Crippen LogP contribution in [0.3, 0.4) is 0 Å². The number of para-hydroxylation sites is 1. The van der Waals surface area contributed by atoms with E-state index in [9.17, 15) is 9.90 Å². The number of carboxylic acids is 1. The van der Waals surface area contributed by atoms with Gasteiger partial charge in [0.1, 0.15) is 0 Å². The van der Waals surface area contributed by atoms with E-state index in [1.165, 1.54) is 0 Å². The van der Waals surface area contributed by atoms with Crippen LogP contribution in [0, 0.1) is 0 Å². The van der Waals surface area contributed by atoms with Crippen molar-refractivity contribution in [1.29, 1.82) is 0 Å². The summed E-state index contributed by atoms with van der Waals surface area (Å²) in [5.41, 5.74) is 1.55. The van der Waals surface area contributed by atoms with Gasteiger partial charge in [-0.2, -0.15) is 0 Å². The van der Waals surface area contributed by atoms with E-state index in [0.717, 1.165) is 16.5 Å². The zero-order chi connectivity index (χ0) is 14.8. The summed E-state index contributed by atoms with van der Waals surface area (Å²) in [7, 11) is 0. The minimum Gasteiger partial charge on any atom is -0.478 e. The molecular weight excluding hydrogens is 286 g/mol. The van der Waals surface area contributed by atoms with Crippen molar-refractivity contribution in [2.45, 2.75) is 0 Å². The smallest absolute Gasteiger partial charge is 0.337 e. The van der Waals surface area contributed by atoms with Crippen LogP contribution in [-0.2, 0) is 0 Å². The molecular formula is C17H12ClNO2. The van der Waals surface area contributed by atoms with Gasteiger partial charge in [-0.25, -0.2) is 4.79 Å². The van der Waals surface area contributed by atoms with Crippen molar-refractivity contribution in [2.24, 2.45) is 0 Å². The second kappa shape index (κ2) is 5.46. The Morgan fingerprint density at radius 2 is 1.67 bits per heavy atom. The number of benzene rings is 3. The third kappa shape index (κ3) is 2.69. The third-order valence-electron chi connectivity index (χ3n) is 3.25. The van der Waals surface area contributed by atoms with E-state index in [1.54, 1.807) is 30.3 Å². The van der Waals surface area contributed by atoms with E-state index in [4.69, 9.17) is 11.6 Å². The number of aromatic carboxylic acids is 1. The standard InChI is InChI=1S/C17H12ClNO2/c18-12-9-11-5-1-2-6-13(11)16(10-12)19-15-8-4-3-7-14(15)17(20)21/h1-10,19H,(H,20,21). The third-order valence-corrected chi connectivity index (χ3v) is 3.47. The first-order valence-corrected chi connectivity index (χ1v) is 6.80. The molecule has 0 aliphatic heterocycles. The number of hydrogen-bond acceptors (Lipinski definition) is 2. The molecule has 0 radical (unpaired) electrons. The van der Waals surface area contributed by atoms with Gasteiger partial charge in [-0.05, 0) is 29.7 Å². The second-order valence-electron chi connectivity index (χ2n) is 4.65. The van der Waals surface area contributed by atoms with Crippen LogP contribution in [-0.4, -0.2) is 11.1 Å². The van der Waals surface area contributed by atoms with E-state index < -0.39 is 5.97 Å². The van der Waals surface area contributed by atoms with Crippen LogP contribution < -0.4 is 5.32 Å². The molecule has 104 valence electrons. The minimum absolute atomic E-state index is 0.224. The Morgan fingerprint density at radius 1 is 0.952 bits per heavy atom. The van der Waals surface area contributed by atoms with Crippen molar-refractivity contribution in [2.75, 3.05) is 5.32 Å². The van der Waals surface area contributed by atoms with Crippen LogP contribution in [0.25, 0.3) is 10.8 Å². The average Bonchev–Trinajstić information content (AvgIpc) is 2.47. The largest absolute Gasteiger partial charge is 0.478 e. The minimum atomic E-state index is -0.968. The van der Waals surface area contributed by atoms with Crippen LogP contribution in [0.1, 0.15) is 10.4 Å². The predicted molar refractivity (Wildman–Crippen MR) is 85.6 cm³/mol. The number of nitrogens with one attached hydrogen (secondary N) is 1. The van der Waals surface area contributed by atoms with E-state index in [1.807, 2.05) is 30.3 Å². The van der Waals surface area contributed by atoms with Crippen LogP contribution in [0.4, 0.5) is 11.4 Å². The van der Waals surface area contributed by atoms with Crippen LogP contribution in [0.5, 0.6) is 0 Å². The maximum Gasteiger partial charge on any atom is 0.337 e. The SMILES string of the molecule is O=C(O)c1ccccc1Nc1cc(Cl)cc2ccccc12. The van der Waals surface area contributed by atoms with Gasteiger partial charge in [-0.15, -0.1) is 0 Å². The summed E-state index contributed by atoms with van der Waals surface area (Å²) in [6.45, 7) is 0. The quantitative estimate of drug-likeness (QED) is 0.720. The number of fused-ring (bicyclic) bond motifs is 1. The van der Waals surface area contributed by atoms with Crippen molar-refractivity contribution in [3.05, 3.63) is 71.2 Å². The molecule has 4 heteroatoms. The lowest BCUT2D eigenvalue weighted by Gasteiger charge is -2.12. The van der Waals surface area contributed by atoms with Gasteiger partial charge in [0.25, 0.3) is 0 Å². The molecule has 0 spiro atoms. The summed E-state index contributed by atoms with van der Waals surface area (Å²) >= 11 is 6.14. The molecule has 3 aromatic rings. The van der Waals surface area contributed by atoms with Crippen LogP contribution in [0.15, 0.2) is 60.7 Å². The van der Waals surface area contributed by atoms with Gasteiger partial charge in [0.15, 0.2) is 0 Å². The van der Waals surface area contributed by atoms with E-state index in [-0.39, 0.29) is 5.56 Å². The Labute approximate surface area is 126 Å². The van der Waals surface area contributed by atoms with Crippen molar-refractivity contribution >= 4 is 39.7 Å². The van der Waals surface area contributed by atoms with Crippen molar-refractivity contribution in [3.63, 3.8) is 0 Å². The van der Waals surface area contributed by atoms with Crippen molar-refractivity contribution in [1.82, 2.24) is 0 Å². The normalized spacial score (nSPS) is 10.5. The Hall–Kier alpha value is -2.52. The first-order chi connectivity index (χ1) is 10.1. The predicted octanol–water partition coefficient (Wildman–Crippen LogP) is 4.94. The van der Waals surface area contributed by atoms with Gasteiger partial charge >= 0.3 is 5.97 Å². The number of anilines is 2. The summed E-state index contributed by atoms with van der Waals surface area (Å²) in [4.78, 5) is 11.3. The highest BCUT2D eigenvalue weighted by atomic mass is 35.5. The topological polar surface area (TPSA) is 49.3 Å². The fraction of sp³-hybridized carbons (Fsp3) is 0. The molecule has 0 atom stereocenters. The molecule has 0 aliphatic carbocycles. The molecule has 3 rings (SSSR count). The zero-order valence-electron chi connectivity index (χ0n) is 11.0. The van der Waals surface area contributed by atoms with Gasteiger partial charge in [-0.1, -0.05) is 48.0 Å². The van der Waals surface area contributed by atoms with Crippen molar-refractivity contribution in [3.8, 4) is 0 Å². The molecule has 0 bridgehead atoms. The molecule has 0 aliphatic rings. The number of rotatable bonds is 3. The van der Waals surface area contributed by atoms with Crippen LogP contribution in [0.2, 0.25) is 5.02 Å². The van der Waals surface area contributed by atoms with Gasteiger partial charge in [0.05, 0.1) is 11.3 Å². The van der Waals surface area contributed by atoms with Gasteiger partial charge in [0.2, 0.25) is 0 Å². The van der Waals surface area contributed by atoms with E-state index in [0.29, 0.717) is 10.7 Å². The highest BCUT2D eigenvalue weighted by Crippen LogP contribution is 2.31. The first kappa shape index (κ1) is 13.5. The number of halogens is 1. The molecule has 0 heterocycles. The molecule has 2 N–H and O–H groups in total. The zero-order valence-corrected chi connectivity index (χ0v) is 11.8. The molecule has 0 unspecified atom stereocenters. The molecule has 0 amide bonds.